The van der Waals surface area contributed by atoms with Gasteiger partial charge in [0.15, 0.2) is 0 Å². The van der Waals surface area contributed by atoms with Crippen LogP contribution in [0.15, 0.2) is 47.4 Å². The topological polar surface area (TPSA) is 66.5 Å². The quantitative estimate of drug-likeness (QED) is 0.914. The van der Waals surface area contributed by atoms with Crippen LogP contribution in [0.25, 0.3) is 0 Å². The third kappa shape index (κ3) is 3.60. The highest BCUT2D eigenvalue weighted by Crippen LogP contribution is 2.25. The number of benzene rings is 2. The Balaban J connectivity index is 1.79. The Hall–Kier alpha value is -2.18. The second kappa shape index (κ2) is 6.61. The molecule has 1 heterocycles. The zero-order valence-electron chi connectivity index (χ0n) is 14.6. The summed E-state index contributed by atoms with van der Waals surface area (Å²) in [5, 5.41) is 0. The Morgan fingerprint density at radius 1 is 1.04 bits per heavy atom. The molecule has 1 atom stereocenters. The first-order valence-corrected chi connectivity index (χ1v) is 9.74. The molecule has 1 fully saturated rings. The van der Waals surface area contributed by atoms with Crippen LogP contribution in [0.2, 0.25) is 0 Å². The first-order valence-electron chi connectivity index (χ1n) is 8.25. The van der Waals surface area contributed by atoms with E-state index < -0.39 is 16.1 Å². The lowest BCUT2D eigenvalue weighted by atomic mass is 10.1. The average molecular weight is 358 g/mol. The van der Waals surface area contributed by atoms with Crippen molar-refractivity contribution < 1.29 is 13.2 Å². The van der Waals surface area contributed by atoms with E-state index in [0.29, 0.717) is 13.0 Å². The molecule has 2 aromatic carbocycles. The van der Waals surface area contributed by atoms with Gasteiger partial charge < -0.3 is 4.90 Å². The number of amides is 1. The van der Waals surface area contributed by atoms with Crippen LogP contribution >= 0.6 is 0 Å². The second-order valence-corrected chi connectivity index (χ2v) is 8.25. The third-order valence-corrected chi connectivity index (χ3v) is 6.07. The number of nitrogens with zero attached hydrogens (tertiary/aromatic N) is 1. The number of hydrogen-bond acceptors (Lipinski definition) is 3. The van der Waals surface area contributed by atoms with Gasteiger partial charge in [-0.05, 0) is 68.1 Å². The summed E-state index contributed by atoms with van der Waals surface area (Å²) < 4.78 is 27.6. The van der Waals surface area contributed by atoms with Crippen molar-refractivity contribution in [3.8, 4) is 0 Å². The molecule has 25 heavy (non-hydrogen) atoms. The van der Waals surface area contributed by atoms with E-state index in [4.69, 9.17) is 0 Å². The van der Waals surface area contributed by atoms with Crippen LogP contribution in [0.4, 0.5) is 5.69 Å². The lowest BCUT2D eigenvalue weighted by molar-refractivity contribution is -0.118. The van der Waals surface area contributed by atoms with Gasteiger partial charge in [-0.1, -0.05) is 18.2 Å². The molecule has 5 nitrogen and oxygen atoms in total. The standard InChI is InChI=1S/C19H22N2O3S/c1-13-5-4-6-17(11-13)25(23,24)20-18-9-10-21(19(18)22)16-8-7-14(2)15(3)12-16/h4-8,11-12,18,20H,9-10H2,1-3H3/t18-/m1/s1. The van der Waals surface area contributed by atoms with E-state index in [1.165, 1.54) is 6.07 Å². The highest BCUT2D eigenvalue weighted by molar-refractivity contribution is 7.89. The Labute approximate surface area is 148 Å². The van der Waals surface area contributed by atoms with Gasteiger partial charge in [0.1, 0.15) is 6.04 Å². The highest BCUT2D eigenvalue weighted by Gasteiger charge is 2.35. The predicted octanol–water partition coefficient (Wildman–Crippen LogP) is 2.70. The number of hydrogen-bond donors (Lipinski definition) is 1. The van der Waals surface area contributed by atoms with Crippen molar-refractivity contribution in [2.24, 2.45) is 0 Å². The molecule has 0 spiro atoms. The molecule has 0 aliphatic carbocycles. The Bertz CT molecular complexity index is 922. The molecule has 0 saturated carbocycles. The van der Waals surface area contributed by atoms with E-state index in [0.717, 1.165) is 22.4 Å². The molecule has 2 aromatic rings. The van der Waals surface area contributed by atoms with Gasteiger partial charge in [-0.25, -0.2) is 8.42 Å². The number of carbonyl (C=O) groups is 1. The summed E-state index contributed by atoms with van der Waals surface area (Å²) in [5.41, 5.74) is 3.93. The number of nitrogens with one attached hydrogen (secondary N) is 1. The minimum absolute atomic E-state index is 0.185. The maximum absolute atomic E-state index is 12.7. The Morgan fingerprint density at radius 3 is 2.48 bits per heavy atom. The van der Waals surface area contributed by atoms with Crippen LogP contribution in [-0.2, 0) is 14.8 Å². The number of carbonyl (C=O) groups excluding carboxylic acids is 1. The maximum Gasteiger partial charge on any atom is 0.245 e. The van der Waals surface area contributed by atoms with Crippen LogP contribution in [0.1, 0.15) is 23.1 Å². The third-order valence-electron chi connectivity index (χ3n) is 4.60. The van der Waals surface area contributed by atoms with Gasteiger partial charge in [0.2, 0.25) is 15.9 Å². The fourth-order valence-corrected chi connectivity index (χ4v) is 4.31. The summed E-state index contributed by atoms with van der Waals surface area (Å²) in [6, 6.07) is 11.8. The van der Waals surface area contributed by atoms with Crippen LogP contribution in [0, 0.1) is 20.8 Å². The van der Waals surface area contributed by atoms with Gasteiger partial charge in [-0.3, -0.25) is 4.79 Å². The first-order chi connectivity index (χ1) is 11.8. The van der Waals surface area contributed by atoms with Gasteiger partial charge in [0.25, 0.3) is 0 Å². The van der Waals surface area contributed by atoms with Crippen molar-refractivity contribution >= 4 is 21.6 Å². The van der Waals surface area contributed by atoms with Crippen molar-refractivity contribution in [2.45, 2.75) is 38.1 Å². The van der Waals surface area contributed by atoms with Crippen molar-refractivity contribution in [1.29, 1.82) is 0 Å². The zero-order chi connectivity index (χ0) is 18.2. The molecule has 1 N–H and O–H groups in total. The lowest BCUT2D eigenvalue weighted by Gasteiger charge is -2.18. The molecule has 1 amide bonds. The average Bonchev–Trinajstić information content (AvgIpc) is 2.90. The molecular weight excluding hydrogens is 336 g/mol. The minimum atomic E-state index is -3.72. The summed E-state index contributed by atoms with van der Waals surface area (Å²) in [6.45, 7) is 6.35. The molecule has 0 bridgehead atoms. The molecule has 1 aliphatic rings. The molecular formula is C19H22N2O3S. The smallest absolute Gasteiger partial charge is 0.245 e. The summed E-state index contributed by atoms with van der Waals surface area (Å²) in [5.74, 6) is -0.209. The van der Waals surface area contributed by atoms with Crippen molar-refractivity contribution in [3.63, 3.8) is 0 Å². The van der Waals surface area contributed by atoms with Crippen LogP contribution in [0.3, 0.4) is 0 Å². The van der Waals surface area contributed by atoms with Gasteiger partial charge in [-0.2, -0.15) is 4.72 Å². The largest absolute Gasteiger partial charge is 0.311 e. The summed E-state index contributed by atoms with van der Waals surface area (Å²) >= 11 is 0. The molecule has 1 saturated heterocycles. The van der Waals surface area contributed by atoms with Gasteiger partial charge in [-0.15, -0.1) is 0 Å². The Kier molecular flexibility index (Phi) is 4.67. The number of aryl methyl sites for hydroxylation is 3. The van der Waals surface area contributed by atoms with E-state index in [-0.39, 0.29) is 10.8 Å². The van der Waals surface area contributed by atoms with Gasteiger partial charge >= 0.3 is 0 Å². The van der Waals surface area contributed by atoms with E-state index in [1.807, 2.05) is 45.0 Å². The van der Waals surface area contributed by atoms with Crippen molar-refractivity contribution in [2.75, 3.05) is 11.4 Å². The van der Waals surface area contributed by atoms with E-state index >= 15 is 0 Å². The predicted molar refractivity (Wildman–Crippen MR) is 98.2 cm³/mol. The number of sulfonamides is 1. The summed E-state index contributed by atoms with van der Waals surface area (Å²) in [4.78, 5) is 14.5. The van der Waals surface area contributed by atoms with Crippen molar-refractivity contribution in [1.82, 2.24) is 4.72 Å². The molecule has 0 radical (unpaired) electrons. The SMILES string of the molecule is Cc1cccc(S(=O)(=O)N[C@@H]2CCN(c3ccc(C)c(C)c3)C2=O)c1. The second-order valence-electron chi connectivity index (χ2n) is 6.54. The molecule has 6 heteroatoms. The number of anilines is 1. The molecule has 1 aliphatic heterocycles. The van der Waals surface area contributed by atoms with Gasteiger partial charge in [0.05, 0.1) is 4.90 Å². The van der Waals surface area contributed by atoms with Crippen LogP contribution < -0.4 is 9.62 Å². The minimum Gasteiger partial charge on any atom is -0.311 e. The van der Waals surface area contributed by atoms with Crippen LogP contribution in [-0.4, -0.2) is 26.9 Å². The van der Waals surface area contributed by atoms with Gasteiger partial charge in [0, 0.05) is 12.2 Å². The fourth-order valence-electron chi connectivity index (χ4n) is 2.98. The molecule has 0 unspecified atom stereocenters. The molecule has 0 aromatic heterocycles. The molecule has 3 rings (SSSR count). The molecule has 132 valence electrons. The Morgan fingerprint density at radius 2 is 1.80 bits per heavy atom. The van der Waals surface area contributed by atoms with E-state index in [1.54, 1.807) is 17.0 Å². The normalized spacial score (nSPS) is 18.0. The maximum atomic E-state index is 12.7. The van der Waals surface area contributed by atoms with E-state index in [9.17, 15) is 13.2 Å². The zero-order valence-corrected chi connectivity index (χ0v) is 15.4. The van der Waals surface area contributed by atoms with Crippen LogP contribution in [0.5, 0.6) is 0 Å². The van der Waals surface area contributed by atoms with Crippen molar-refractivity contribution in [3.05, 3.63) is 59.2 Å². The number of rotatable bonds is 4. The lowest BCUT2D eigenvalue weighted by Crippen LogP contribution is -2.41. The summed E-state index contributed by atoms with van der Waals surface area (Å²) in [7, 11) is -3.72. The summed E-state index contributed by atoms with van der Waals surface area (Å²) in [6.07, 6.45) is 0.455. The highest BCUT2D eigenvalue weighted by atomic mass is 32.2. The first kappa shape index (κ1) is 17.6. The monoisotopic (exact) mass is 358 g/mol. The van der Waals surface area contributed by atoms with E-state index in [2.05, 4.69) is 4.72 Å². The fraction of sp³-hybridized carbons (Fsp3) is 0.316.